The van der Waals surface area contributed by atoms with Crippen LogP contribution in [-0.2, 0) is 9.59 Å². The van der Waals surface area contributed by atoms with Crippen molar-refractivity contribution in [2.75, 3.05) is 6.61 Å². The molecule has 2 N–H and O–H groups in total. The Labute approximate surface area is 141 Å². The van der Waals surface area contributed by atoms with E-state index in [1.807, 2.05) is 10.6 Å². The van der Waals surface area contributed by atoms with Crippen molar-refractivity contribution in [2.24, 2.45) is 0 Å². The molecule has 1 heterocycles. The first-order valence-corrected chi connectivity index (χ1v) is 8.21. The van der Waals surface area contributed by atoms with Gasteiger partial charge < -0.3 is 4.74 Å². The lowest BCUT2D eigenvalue weighted by Crippen LogP contribution is -2.51. The summed E-state index contributed by atoms with van der Waals surface area (Å²) in [5.41, 5.74) is 0.583. The maximum atomic E-state index is 11.7. The van der Waals surface area contributed by atoms with Gasteiger partial charge in [0.2, 0.25) is 0 Å². The molecular weight excluding hydrogens is 308 g/mol. The van der Waals surface area contributed by atoms with Crippen molar-refractivity contribution in [3.63, 3.8) is 0 Å². The highest BCUT2D eigenvalue weighted by Crippen LogP contribution is 2.16. The van der Waals surface area contributed by atoms with Crippen LogP contribution in [0.2, 0.25) is 0 Å². The monoisotopic (exact) mass is 330 g/mol. The average Bonchev–Trinajstić information content (AvgIpc) is 2.55. The molecule has 1 aliphatic rings. The second-order valence-corrected chi connectivity index (χ2v) is 5.63. The maximum Gasteiger partial charge on any atom is 0.328 e. The number of barbiturate groups is 1. The molecule has 0 spiro atoms. The number of unbranched alkanes of at least 4 members (excludes halogenated alkanes) is 4. The highest BCUT2D eigenvalue weighted by molar-refractivity contribution is 6.31. The molecule has 1 aromatic rings. The molecule has 1 aliphatic heterocycles. The van der Waals surface area contributed by atoms with Crippen LogP contribution in [0, 0.1) is 0 Å². The lowest BCUT2D eigenvalue weighted by Gasteiger charge is -2.13. The van der Waals surface area contributed by atoms with Gasteiger partial charge in [-0.1, -0.05) is 44.7 Å². The van der Waals surface area contributed by atoms with Crippen molar-refractivity contribution < 1.29 is 19.1 Å². The molecule has 6 heteroatoms. The Morgan fingerprint density at radius 3 is 2.17 bits per heavy atom. The summed E-state index contributed by atoms with van der Waals surface area (Å²) < 4.78 is 5.66. The summed E-state index contributed by atoms with van der Waals surface area (Å²) in [5, 5.41) is 4.07. The van der Waals surface area contributed by atoms with Crippen molar-refractivity contribution in [1.29, 1.82) is 0 Å². The van der Waals surface area contributed by atoms with Gasteiger partial charge >= 0.3 is 6.03 Å². The number of rotatable bonds is 8. The number of ether oxygens (including phenoxy) is 1. The van der Waals surface area contributed by atoms with Gasteiger partial charge in [0.05, 0.1) is 6.61 Å². The Hall–Kier alpha value is -2.63. The third-order valence-corrected chi connectivity index (χ3v) is 3.65. The molecule has 0 bridgehead atoms. The summed E-state index contributed by atoms with van der Waals surface area (Å²) in [6.45, 7) is 2.86. The zero-order valence-electron chi connectivity index (χ0n) is 13.8. The molecule has 1 aromatic carbocycles. The molecule has 6 nitrogen and oxygen atoms in total. The van der Waals surface area contributed by atoms with Crippen molar-refractivity contribution in [3.8, 4) is 5.75 Å². The standard InChI is InChI=1S/C18H22N2O4/c1-2-3-4-5-6-11-24-14-9-7-13(8-10-14)12-15-16(21)19-18(23)20-17(15)22/h7-10,12H,2-6,11H2,1H3,(H2,19,20,21,22,23). The van der Waals surface area contributed by atoms with Crippen LogP contribution in [0.4, 0.5) is 4.79 Å². The fraction of sp³-hybridized carbons (Fsp3) is 0.389. The molecule has 1 fully saturated rings. The van der Waals surface area contributed by atoms with Gasteiger partial charge in [-0.3, -0.25) is 20.2 Å². The number of nitrogens with one attached hydrogen (secondary N) is 2. The second kappa shape index (κ2) is 8.86. The first-order valence-electron chi connectivity index (χ1n) is 8.21. The van der Waals surface area contributed by atoms with E-state index in [2.05, 4.69) is 6.92 Å². The predicted octanol–water partition coefficient (Wildman–Crippen LogP) is 2.79. The quantitative estimate of drug-likeness (QED) is 0.436. The van der Waals surface area contributed by atoms with E-state index in [9.17, 15) is 14.4 Å². The van der Waals surface area contributed by atoms with Crippen LogP contribution in [0.5, 0.6) is 5.75 Å². The fourth-order valence-corrected chi connectivity index (χ4v) is 2.33. The van der Waals surface area contributed by atoms with Crippen LogP contribution >= 0.6 is 0 Å². The Morgan fingerprint density at radius 2 is 1.54 bits per heavy atom. The lowest BCUT2D eigenvalue weighted by atomic mass is 10.1. The number of imide groups is 2. The Balaban J connectivity index is 1.87. The van der Waals surface area contributed by atoms with Crippen LogP contribution < -0.4 is 15.4 Å². The molecule has 0 aromatic heterocycles. The molecule has 128 valence electrons. The van der Waals surface area contributed by atoms with E-state index in [4.69, 9.17) is 4.74 Å². The Bertz CT molecular complexity index is 613. The molecule has 24 heavy (non-hydrogen) atoms. The summed E-state index contributed by atoms with van der Waals surface area (Å²) >= 11 is 0. The highest BCUT2D eigenvalue weighted by atomic mass is 16.5. The average molecular weight is 330 g/mol. The molecule has 2 rings (SSSR count). The number of carbonyl (C=O) groups excluding carboxylic acids is 3. The highest BCUT2D eigenvalue weighted by Gasteiger charge is 2.27. The summed E-state index contributed by atoms with van der Waals surface area (Å²) in [6, 6.07) is 6.31. The number of carbonyl (C=O) groups is 3. The molecule has 1 saturated heterocycles. The molecule has 0 unspecified atom stereocenters. The van der Waals surface area contributed by atoms with Gasteiger partial charge in [0.25, 0.3) is 11.8 Å². The summed E-state index contributed by atoms with van der Waals surface area (Å²) in [4.78, 5) is 34.3. The summed E-state index contributed by atoms with van der Waals surface area (Å²) in [5.74, 6) is -0.646. The minimum Gasteiger partial charge on any atom is -0.494 e. The van der Waals surface area contributed by atoms with Crippen LogP contribution in [0.3, 0.4) is 0 Å². The Kier molecular flexibility index (Phi) is 6.54. The van der Waals surface area contributed by atoms with E-state index in [1.165, 1.54) is 31.8 Å². The van der Waals surface area contributed by atoms with Gasteiger partial charge in [-0.2, -0.15) is 0 Å². The van der Waals surface area contributed by atoms with Crippen LogP contribution in [0.1, 0.15) is 44.6 Å². The number of hydrogen-bond donors (Lipinski definition) is 2. The molecule has 0 radical (unpaired) electrons. The number of urea groups is 1. The molecule has 4 amide bonds. The van der Waals surface area contributed by atoms with Gasteiger partial charge in [-0.15, -0.1) is 0 Å². The smallest absolute Gasteiger partial charge is 0.328 e. The maximum absolute atomic E-state index is 11.7. The van der Waals surface area contributed by atoms with Crippen LogP contribution in [0.25, 0.3) is 6.08 Å². The van der Waals surface area contributed by atoms with Crippen molar-refractivity contribution in [1.82, 2.24) is 10.6 Å². The first kappa shape index (κ1) is 17.7. The minimum absolute atomic E-state index is 0.0980. The van der Waals surface area contributed by atoms with Crippen molar-refractivity contribution in [2.45, 2.75) is 39.0 Å². The number of amides is 4. The zero-order valence-corrected chi connectivity index (χ0v) is 13.8. The minimum atomic E-state index is -0.801. The molecular formula is C18H22N2O4. The van der Waals surface area contributed by atoms with Gasteiger partial charge in [-0.05, 0) is 30.2 Å². The fourth-order valence-electron chi connectivity index (χ4n) is 2.33. The van der Waals surface area contributed by atoms with Crippen molar-refractivity contribution in [3.05, 3.63) is 35.4 Å². The lowest BCUT2D eigenvalue weighted by molar-refractivity contribution is -0.123. The third kappa shape index (κ3) is 5.22. The van der Waals surface area contributed by atoms with Crippen molar-refractivity contribution >= 4 is 23.9 Å². The topological polar surface area (TPSA) is 84.5 Å². The largest absolute Gasteiger partial charge is 0.494 e. The van der Waals surface area contributed by atoms with E-state index >= 15 is 0 Å². The van der Waals surface area contributed by atoms with E-state index in [-0.39, 0.29) is 5.57 Å². The van der Waals surface area contributed by atoms with Gasteiger partial charge in [-0.25, -0.2) is 4.79 Å². The van der Waals surface area contributed by atoms with E-state index in [1.54, 1.807) is 24.3 Å². The second-order valence-electron chi connectivity index (χ2n) is 5.63. The number of hydrogen-bond acceptors (Lipinski definition) is 4. The zero-order chi connectivity index (χ0) is 17.4. The molecule has 0 aliphatic carbocycles. The molecule has 0 atom stereocenters. The summed E-state index contributed by atoms with van der Waals surface area (Å²) in [6.07, 6.45) is 7.35. The third-order valence-electron chi connectivity index (χ3n) is 3.65. The van der Waals surface area contributed by atoms with Gasteiger partial charge in [0.15, 0.2) is 0 Å². The first-order chi connectivity index (χ1) is 11.6. The molecule has 0 saturated carbocycles. The number of benzene rings is 1. The predicted molar refractivity (Wildman–Crippen MR) is 90.4 cm³/mol. The van der Waals surface area contributed by atoms with E-state index in [0.29, 0.717) is 12.2 Å². The van der Waals surface area contributed by atoms with Crippen LogP contribution in [-0.4, -0.2) is 24.5 Å². The van der Waals surface area contributed by atoms with Gasteiger partial charge in [0, 0.05) is 0 Å². The van der Waals surface area contributed by atoms with E-state index < -0.39 is 17.8 Å². The Morgan fingerprint density at radius 1 is 0.917 bits per heavy atom. The SMILES string of the molecule is CCCCCCCOc1ccc(C=C2C(=O)NC(=O)NC2=O)cc1. The van der Waals surface area contributed by atoms with Gasteiger partial charge in [0.1, 0.15) is 11.3 Å². The normalized spacial score (nSPS) is 14.2. The van der Waals surface area contributed by atoms with Crippen LogP contribution in [0.15, 0.2) is 29.8 Å². The van der Waals surface area contributed by atoms with E-state index in [0.717, 1.165) is 12.2 Å². The summed E-state index contributed by atoms with van der Waals surface area (Å²) in [7, 11) is 0.